The van der Waals surface area contributed by atoms with Crippen LogP contribution in [0.2, 0.25) is 0 Å². The molecule has 0 bridgehead atoms. The molecule has 0 spiro atoms. The number of alkyl halides is 2. The Balaban J connectivity index is 1.68. The Kier molecular flexibility index (Phi) is 5.90. The molecule has 0 aliphatic carbocycles. The molecule has 0 unspecified atom stereocenters. The van der Waals surface area contributed by atoms with Crippen molar-refractivity contribution in [2.75, 3.05) is 13.1 Å². The van der Waals surface area contributed by atoms with E-state index in [9.17, 15) is 13.6 Å². The van der Waals surface area contributed by atoms with Crippen LogP contribution in [-0.4, -0.2) is 40.7 Å². The summed E-state index contributed by atoms with van der Waals surface area (Å²) in [5.41, 5.74) is 0.299. The number of halogens is 3. The summed E-state index contributed by atoms with van der Waals surface area (Å²) in [6, 6.07) is 10.1. The van der Waals surface area contributed by atoms with Crippen LogP contribution >= 0.6 is 27.7 Å². The third-order valence-electron chi connectivity index (χ3n) is 3.77. The van der Waals surface area contributed by atoms with E-state index in [1.165, 1.54) is 0 Å². The van der Waals surface area contributed by atoms with Crippen LogP contribution < -0.4 is 4.74 Å². The first-order valence-corrected chi connectivity index (χ1v) is 9.32. The highest BCUT2D eigenvalue weighted by Gasteiger charge is 2.30. The third kappa shape index (κ3) is 4.49. The Bertz CT molecular complexity index is 763. The Hall–Kier alpha value is -1.67. The number of amides is 1. The highest BCUT2D eigenvalue weighted by Crippen LogP contribution is 2.30. The molecule has 25 heavy (non-hydrogen) atoms. The summed E-state index contributed by atoms with van der Waals surface area (Å²) < 4.78 is 32.0. The lowest BCUT2D eigenvalue weighted by Crippen LogP contribution is -2.31. The van der Waals surface area contributed by atoms with Gasteiger partial charge in [-0.1, -0.05) is 23.9 Å². The molecule has 2 heterocycles. The predicted octanol–water partition coefficient (Wildman–Crippen LogP) is 4.45. The molecule has 132 valence electrons. The maximum Gasteiger partial charge on any atom is 0.288 e. The molecular formula is C17H15BrF2N2O2S. The van der Waals surface area contributed by atoms with Crippen LogP contribution in [0.4, 0.5) is 8.78 Å². The van der Waals surface area contributed by atoms with Gasteiger partial charge in [0.2, 0.25) is 5.88 Å². The van der Waals surface area contributed by atoms with E-state index in [1.807, 2.05) is 6.07 Å². The van der Waals surface area contributed by atoms with Gasteiger partial charge >= 0.3 is 0 Å². The summed E-state index contributed by atoms with van der Waals surface area (Å²) in [6.07, 6.45) is 2.12. The molecular weight excluding hydrogens is 414 g/mol. The molecule has 1 aliphatic rings. The van der Waals surface area contributed by atoms with Gasteiger partial charge < -0.3 is 9.64 Å². The van der Waals surface area contributed by atoms with Crippen molar-refractivity contribution in [2.45, 2.75) is 23.2 Å². The molecule has 2 aromatic rings. The summed E-state index contributed by atoms with van der Waals surface area (Å²) >= 11 is 3.76. The second-order valence-corrected chi connectivity index (χ2v) is 7.33. The average molecular weight is 429 g/mol. The van der Waals surface area contributed by atoms with Crippen molar-refractivity contribution in [1.82, 2.24) is 9.88 Å². The van der Waals surface area contributed by atoms with Crippen molar-refractivity contribution in [1.29, 1.82) is 0 Å². The van der Waals surface area contributed by atoms with Gasteiger partial charge in [-0.05, 0) is 40.2 Å². The number of likely N-dealkylation sites (tertiary alicyclic amines) is 1. The van der Waals surface area contributed by atoms with Gasteiger partial charge in [-0.25, -0.2) is 4.98 Å². The summed E-state index contributed by atoms with van der Waals surface area (Å²) in [5, 5.41) is 0. The number of carbonyl (C=O) groups is 1. The molecule has 1 amide bonds. The molecule has 0 saturated carbocycles. The number of carbonyl (C=O) groups excluding carboxylic acids is 1. The summed E-state index contributed by atoms with van der Waals surface area (Å²) in [7, 11) is 0. The van der Waals surface area contributed by atoms with Gasteiger partial charge in [0.05, 0.1) is 16.6 Å². The van der Waals surface area contributed by atoms with Crippen LogP contribution in [0, 0.1) is 0 Å². The van der Waals surface area contributed by atoms with E-state index in [2.05, 4.69) is 20.9 Å². The first kappa shape index (κ1) is 18.1. The molecule has 1 aromatic carbocycles. The highest BCUT2D eigenvalue weighted by molar-refractivity contribution is 9.10. The van der Waals surface area contributed by atoms with Gasteiger partial charge in [0.15, 0.2) is 0 Å². The van der Waals surface area contributed by atoms with Gasteiger partial charge in [-0.2, -0.15) is 8.78 Å². The van der Waals surface area contributed by atoms with Gasteiger partial charge in [0.25, 0.3) is 11.7 Å². The topological polar surface area (TPSA) is 42.4 Å². The lowest BCUT2D eigenvalue weighted by atomic mass is 10.2. The zero-order valence-corrected chi connectivity index (χ0v) is 15.5. The number of benzene rings is 1. The Labute approximate surface area is 156 Å². The van der Waals surface area contributed by atoms with Crippen molar-refractivity contribution in [3.05, 3.63) is 52.6 Å². The van der Waals surface area contributed by atoms with E-state index in [4.69, 9.17) is 4.74 Å². The molecule has 4 nitrogen and oxygen atoms in total. The van der Waals surface area contributed by atoms with Crippen molar-refractivity contribution in [2.24, 2.45) is 0 Å². The number of aromatic nitrogens is 1. The molecule has 3 rings (SSSR count). The first-order chi connectivity index (χ1) is 12.0. The van der Waals surface area contributed by atoms with Crippen molar-refractivity contribution >= 4 is 33.6 Å². The van der Waals surface area contributed by atoms with Crippen LogP contribution in [0.25, 0.3) is 0 Å². The van der Waals surface area contributed by atoms with Crippen LogP contribution in [0.15, 0.2) is 52.0 Å². The van der Waals surface area contributed by atoms with Crippen LogP contribution in [0.5, 0.6) is 5.88 Å². The zero-order chi connectivity index (χ0) is 17.8. The fourth-order valence-electron chi connectivity index (χ4n) is 2.64. The van der Waals surface area contributed by atoms with Crippen molar-refractivity contribution in [3.8, 4) is 5.88 Å². The lowest BCUT2D eigenvalue weighted by Gasteiger charge is -2.18. The normalized spacial score (nSPS) is 17.1. The summed E-state index contributed by atoms with van der Waals surface area (Å²) in [4.78, 5) is 18.8. The molecule has 8 heteroatoms. The number of hydrogen-bond acceptors (Lipinski definition) is 4. The fraction of sp³-hybridized carbons (Fsp3) is 0.294. The second-order valence-electron chi connectivity index (χ2n) is 5.44. The maximum absolute atomic E-state index is 12.7. The summed E-state index contributed by atoms with van der Waals surface area (Å²) in [6.45, 7) is 0.914. The summed E-state index contributed by atoms with van der Waals surface area (Å²) in [5.74, 6) is -2.34. The maximum atomic E-state index is 12.7. The van der Waals surface area contributed by atoms with E-state index >= 15 is 0 Å². The van der Waals surface area contributed by atoms with Crippen LogP contribution in [-0.2, 0) is 0 Å². The van der Waals surface area contributed by atoms with Gasteiger partial charge in [0.1, 0.15) is 6.10 Å². The molecule has 1 aliphatic heterocycles. The van der Waals surface area contributed by atoms with E-state index < -0.39 is 5.76 Å². The molecule has 1 fully saturated rings. The Morgan fingerprint density at radius 2 is 2.12 bits per heavy atom. The number of pyridine rings is 1. The molecule has 1 saturated heterocycles. The quantitative estimate of drug-likeness (QED) is 0.659. The average Bonchev–Trinajstić information content (AvgIpc) is 3.05. The molecule has 1 atom stereocenters. The SMILES string of the molecule is O=C(c1ccccc1SC(F)F)N1CC[C@@H](Oc2ncccc2Br)C1. The second kappa shape index (κ2) is 8.14. The number of hydrogen-bond donors (Lipinski definition) is 0. The van der Waals surface area contributed by atoms with Gasteiger partial charge in [-0.15, -0.1) is 0 Å². The largest absolute Gasteiger partial charge is 0.472 e. The van der Waals surface area contributed by atoms with Crippen molar-refractivity contribution in [3.63, 3.8) is 0 Å². The number of ether oxygens (including phenoxy) is 1. The standard InChI is InChI=1S/C17H15BrF2N2O2S/c18-13-5-3-8-21-15(13)24-11-7-9-22(10-11)16(23)12-4-1-2-6-14(12)25-17(19)20/h1-6,8,11,17H,7,9-10H2/t11-/m1/s1. The van der Waals surface area contributed by atoms with E-state index in [1.54, 1.807) is 41.4 Å². The Morgan fingerprint density at radius 1 is 1.32 bits per heavy atom. The highest BCUT2D eigenvalue weighted by atomic mass is 79.9. The zero-order valence-electron chi connectivity index (χ0n) is 13.1. The van der Waals surface area contributed by atoms with E-state index in [0.29, 0.717) is 47.6 Å². The van der Waals surface area contributed by atoms with E-state index in [0.717, 1.165) is 4.47 Å². The Morgan fingerprint density at radius 3 is 2.88 bits per heavy atom. The predicted molar refractivity (Wildman–Crippen MR) is 95.2 cm³/mol. The number of thioether (sulfide) groups is 1. The lowest BCUT2D eigenvalue weighted by molar-refractivity contribution is 0.0767. The van der Waals surface area contributed by atoms with Crippen LogP contribution in [0.3, 0.4) is 0 Å². The first-order valence-electron chi connectivity index (χ1n) is 7.65. The van der Waals surface area contributed by atoms with Crippen molar-refractivity contribution < 1.29 is 18.3 Å². The fourth-order valence-corrected chi connectivity index (χ4v) is 3.62. The minimum absolute atomic E-state index is 0.176. The number of rotatable bonds is 5. The molecule has 0 N–H and O–H groups in total. The van der Waals surface area contributed by atoms with Crippen LogP contribution in [0.1, 0.15) is 16.8 Å². The van der Waals surface area contributed by atoms with Gasteiger partial charge in [-0.3, -0.25) is 4.79 Å². The minimum Gasteiger partial charge on any atom is -0.472 e. The van der Waals surface area contributed by atoms with E-state index in [-0.39, 0.29) is 12.0 Å². The van der Waals surface area contributed by atoms with Gasteiger partial charge in [0, 0.05) is 24.1 Å². The smallest absolute Gasteiger partial charge is 0.288 e. The minimum atomic E-state index is -2.56. The third-order valence-corrected chi connectivity index (χ3v) is 5.16. The monoisotopic (exact) mass is 428 g/mol. The molecule has 0 radical (unpaired) electrons. The number of nitrogens with zero attached hydrogens (tertiary/aromatic N) is 2. The molecule has 1 aromatic heterocycles.